The molecule has 0 spiro atoms. The van der Waals surface area contributed by atoms with Crippen molar-refractivity contribution in [1.82, 2.24) is 24.1 Å². The highest BCUT2D eigenvalue weighted by molar-refractivity contribution is 6.30. The van der Waals surface area contributed by atoms with Crippen LogP contribution >= 0.6 is 11.6 Å². The number of piperidine rings is 1. The molecule has 0 atom stereocenters. The van der Waals surface area contributed by atoms with Gasteiger partial charge in [-0.3, -0.25) is 4.79 Å². The fourth-order valence-corrected chi connectivity index (χ4v) is 3.75. The summed E-state index contributed by atoms with van der Waals surface area (Å²) >= 11 is 6.11. The van der Waals surface area contributed by atoms with Gasteiger partial charge in [0.2, 0.25) is 5.91 Å². The number of aryl methyl sites for hydroxylation is 1. The molecule has 4 rings (SSSR count). The lowest BCUT2D eigenvalue weighted by atomic mass is 9.99. The molecule has 28 heavy (non-hydrogen) atoms. The Balaban J connectivity index is 1.72. The molecule has 0 radical (unpaired) electrons. The van der Waals surface area contributed by atoms with E-state index in [2.05, 4.69) is 17.0 Å². The first-order valence-electron chi connectivity index (χ1n) is 9.43. The van der Waals surface area contributed by atoms with Gasteiger partial charge in [-0.15, -0.1) is 5.10 Å². The monoisotopic (exact) mass is 399 g/mol. The van der Waals surface area contributed by atoms with Crippen molar-refractivity contribution in [3.05, 3.63) is 51.5 Å². The Morgan fingerprint density at radius 3 is 2.71 bits per heavy atom. The number of halogens is 1. The summed E-state index contributed by atoms with van der Waals surface area (Å²) in [6.45, 7) is 5.44. The normalized spacial score (nSPS) is 15.3. The minimum atomic E-state index is -0.379. The molecule has 1 amide bonds. The average Bonchev–Trinajstić information content (AvgIpc) is 2.97. The number of fused-ring (bicyclic) bond motifs is 1. The summed E-state index contributed by atoms with van der Waals surface area (Å²) in [6.07, 6.45) is 1.99. The van der Waals surface area contributed by atoms with Gasteiger partial charge in [0, 0.05) is 35.4 Å². The van der Waals surface area contributed by atoms with E-state index < -0.39 is 0 Å². The molecule has 3 heterocycles. The molecule has 8 heteroatoms. The number of amides is 1. The number of nitrogens with zero attached hydrogens (tertiary/aromatic N) is 5. The molecule has 3 aromatic rings. The molecule has 1 aliphatic rings. The molecule has 0 N–H and O–H groups in total. The van der Waals surface area contributed by atoms with Crippen molar-refractivity contribution in [2.45, 2.75) is 33.2 Å². The van der Waals surface area contributed by atoms with E-state index in [0.717, 1.165) is 37.2 Å². The van der Waals surface area contributed by atoms with Gasteiger partial charge in [-0.2, -0.15) is 0 Å². The third-order valence-corrected chi connectivity index (χ3v) is 5.44. The molecule has 2 aromatic heterocycles. The van der Waals surface area contributed by atoms with Crippen molar-refractivity contribution in [2.75, 3.05) is 13.1 Å². The van der Waals surface area contributed by atoms with Crippen LogP contribution in [0.1, 0.15) is 25.5 Å². The molecular formula is C20H22ClN5O2. The number of carbonyl (C=O) groups is 1. The summed E-state index contributed by atoms with van der Waals surface area (Å²) in [5, 5.41) is 4.94. The van der Waals surface area contributed by atoms with Gasteiger partial charge in [0.1, 0.15) is 12.4 Å². The van der Waals surface area contributed by atoms with Gasteiger partial charge in [0.15, 0.2) is 5.65 Å². The number of likely N-dealkylation sites (tertiary alicyclic amines) is 1. The third kappa shape index (κ3) is 3.54. The standard InChI is InChI=1S/C20H22ClN5O2/c1-13-6-8-24(9-7-13)18(27)12-25-20(28)26-17(23-25)10-14(2)22-19(26)15-4-3-5-16(21)11-15/h3-5,10-11,13H,6-9,12H2,1-2H3. The van der Waals surface area contributed by atoms with Crippen molar-refractivity contribution in [1.29, 1.82) is 0 Å². The predicted octanol–water partition coefficient (Wildman–Crippen LogP) is 2.78. The van der Waals surface area contributed by atoms with Crippen LogP contribution in [0.2, 0.25) is 5.02 Å². The van der Waals surface area contributed by atoms with E-state index >= 15 is 0 Å². The van der Waals surface area contributed by atoms with Crippen LogP contribution in [-0.4, -0.2) is 43.1 Å². The van der Waals surface area contributed by atoms with Crippen LogP contribution < -0.4 is 5.69 Å². The van der Waals surface area contributed by atoms with Crippen LogP contribution in [0.25, 0.3) is 17.0 Å². The molecule has 146 valence electrons. The van der Waals surface area contributed by atoms with Gasteiger partial charge >= 0.3 is 5.69 Å². The number of aromatic nitrogens is 4. The molecular weight excluding hydrogens is 378 g/mol. The van der Waals surface area contributed by atoms with Gasteiger partial charge in [0.25, 0.3) is 0 Å². The topological polar surface area (TPSA) is 72.5 Å². The van der Waals surface area contributed by atoms with Gasteiger partial charge in [0.05, 0.1) is 0 Å². The fraction of sp³-hybridized carbons (Fsp3) is 0.400. The maximum atomic E-state index is 13.0. The minimum Gasteiger partial charge on any atom is -0.341 e. The lowest BCUT2D eigenvalue weighted by molar-refractivity contribution is -0.133. The minimum absolute atomic E-state index is 0.0665. The van der Waals surface area contributed by atoms with Crippen molar-refractivity contribution >= 4 is 23.2 Å². The number of carbonyl (C=O) groups excluding carboxylic acids is 1. The van der Waals surface area contributed by atoms with Gasteiger partial charge in [-0.1, -0.05) is 30.7 Å². The Bertz CT molecular complexity index is 1100. The van der Waals surface area contributed by atoms with Crippen molar-refractivity contribution in [3.8, 4) is 11.4 Å². The van der Waals surface area contributed by atoms with Crippen molar-refractivity contribution < 1.29 is 4.79 Å². The Morgan fingerprint density at radius 2 is 2.00 bits per heavy atom. The highest BCUT2D eigenvalue weighted by atomic mass is 35.5. The first-order valence-corrected chi connectivity index (χ1v) is 9.81. The summed E-state index contributed by atoms with van der Waals surface area (Å²) in [6, 6.07) is 8.91. The van der Waals surface area contributed by atoms with Crippen LogP contribution in [0.3, 0.4) is 0 Å². The zero-order valence-corrected chi connectivity index (χ0v) is 16.7. The molecule has 0 bridgehead atoms. The Morgan fingerprint density at radius 1 is 1.25 bits per heavy atom. The quantitative estimate of drug-likeness (QED) is 0.678. The largest absolute Gasteiger partial charge is 0.352 e. The molecule has 0 unspecified atom stereocenters. The second kappa shape index (κ2) is 7.39. The zero-order chi connectivity index (χ0) is 19.8. The van der Waals surface area contributed by atoms with Crippen LogP contribution in [0, 0.1) is 12.8 Å². The Hall–Kier alpha value is -2.67. The first-order chi connectivity index (χ1) is 13.4. The molecule has 7 nitrogen and oxygen atoms in total. The van der Waals surface area contributed by atoms with Gasteiger partial charge in [-0.25, -0.2) is 18.9 Å². The molecule has 1 aliphatic heterocycles. The van der Waals surface area contributed by atoms with E-state index in [1.54, 1.807) is 18.2 Å². The van der Waals surface area contributed by atoms with E-state index in [1.807, 2.05) is 24.0 Å². The maximum absolute atomic E-state index is 13.0. The van der Waals surface area contributed by atoms with Crippen LogP contribution in [0.4, 0.5) is 0 Å². The SMILES string of the molecule is Cc1cc2nn(CC(=O)N3CCC(C)CC3)c(=O)n2c(-c2cccc(Cl)c2)n1. The predicted molar refractivity (Wildman–Crippen MR) is 107 cm³/mol. The number of rotatable bonds is 3. The summed E-state index contributed by atoms with van der Waals surface area (Å²) in [4.78, 5) is 32.0. The third-order valence-electron chi connectivity index (χ3n) is 5.20. The lowest BCUT2D eigenvalue weighted by Gasteiger charge is -2.30. The second-order valence-electron chi connectivity index (χ2n) is 7.43. The summed E-state index contributed by atoms with van der Waals surface area (Å²) < 4.78 is 2.66. The van der Waals surface area contributed by atoms with E-state index in [1.165, 1.54) is 9.08 Å². The van der Waals surface area contributed by atoms with E-state index in [4.69, 9.17) is 11.6 Å². The van der Waals surface area contributed by atoms with E-state index in [9.17, 15) is 9.59 Å². The number of hydrogen-bond donors (Lipinski definition) is 0. The smallest absolute Gasteiger partial charge is 0.341 e. The zero-order valence-electron chi connectivity index (χ0n) is 15.9. The molecule has 0 saturated carbocycles. The lowest BCUT2D eigenvalue weighted by Crippen LogP contribution is -2.41. The van der Waals surface area contributed by atoms with Crippen LogP contribution in [0.5, 0.6) is 0 Å². The Kier molecular flexibility index (Phi) is 4.93. The van der Waals surface area contributed by atoms with Gasteiger partial charge < -0.3 is 4.90 Å². The molecule has 1 fully saturated rings. The number of hydrogen-bond acceptors (Lipinski definition) is 4. The van der Waals surface area contributed by atoms with Crippen LogP contribution in [-0.2, 0) is 11.3 Å². The average molecular weight is 400 g/mol. The highest BCUT2D eigenvalue weighted by Crippen LogP contribution is 2.21. The maximum Gasteiger partial charge on any atom is 0.352 e. The molecule has 1 saturated heterocycles. The second-order valence-corrected chi connectivity index (χ2v) is 7.87. The summed E-state index contributed by atoms with van der Waals surface area (Å²) in [7, 11) is 0. The van der Waals surface area contributed by atoms with Gasteiger partial charge in [-0.05, 0) is 37.8 Å². The summed E-state index contributed by atoms with van der Waals surface area (Å²) in [5.74, 6) is 1.02. The van der Waals surface area contributed by atoms with Crippen molar-refractivity contribution in [2.24, 2.45) is 5.92 Å². The molecule has 0 aliphatic carbocycles. The summed E-state index contributed by atoms with van der Waals surface area (Å²) in [5.41, 5.74) is 1.54. The fourth-order valence-electron chi connectivity index (χ4n) is 3.56. The highest BCUT2D eigenvalue weighted by Gasteiger charge is 2.22. The molecule has 1 aromatic carbocycles. The van der Waals surface area contributed by atoms with Crippen LogP contribution in [0.15, 0.2) is 35.1 Å². The Labute approximate surface area is 167 Å². The first kappa shape index (κ1) is 18.7. The van der Waals surface area contributed by atoms with E-state index in [-0.39, 0.29) is 18.1 Å². The van der Waals surface area contributed by atoms with E-state index in [0.29, 0.717) is 22.4 Å². The number of benzene rings is 1. The van der Waals surface area contributed by atoms with Crippen molar-refractivity contribution in [3.63, 3.8) is 0 Å².